The van der Waals surface area contributed by atoms with Gasteiger partial charge < -0.3 is 25.3 Å². The Morgan fingerprint density at radius 1 is 1.14 bits per heavy atom. The summed E-state index contributed by atoms with van der Waals surface area (Å²) in [6, 6.07) is 9.57. The molecule has 0 saturated carbocycles. The van der Waals surface area contributed by atoms with E-state index < -0.39 is 24.1 Å². The minimum Gasteiger partial charge on any atom is -0.479 e. The molecule has 4 atom stereocenters. The minimum atomic E-state index is -2.27. The van der Waals surface area contributed by atoms with E-state index in [1.807, 2.05) is 30.3 Å². The number of carboxylic acids is 2. The Hall–Kier alpha value is -3.40. The maximum absolute atomic E-state index is 13.0. The first-order valence-electron chi connectivity index (χ1n) is 11.3. The maximum Gasteiger partial charge on any atom is 0.335 e. The highest BCUT2D eigenvalue weighted by atomic mass is 16.4. The zero-order valence-corrected chi connectivity index (χ0v) is 19.7. The van der Waals surface area contributed by atoms with Crippen LogP contribution in [0, 0.1) is 11.8 Å². The van der Waals surface area contributed by atoms with Crippen molar-refractivity contribution in [3.63, 3.8) is 0 Å². The molecule has 2 aromatic rings. The summed E-state index contributed by atoms with van der Waals surface area (Å²) in [5.74, 6) is -2.62. The molecule has 0 bridgehead atoms. The van der Waals surface area contributed by atoms with E-state index in [1.165, 1.54) is 0 Å². The molecule has 35 heavy (non-hydrogen) atoms. The number of allylic oxidation sites excluding steroid dienone is 1. The van der Waals surface area contributed by atoms with E-state index >= 15 is 0 Å². The van der Waals surface area contributed by atoms with Gasteiger partial charge in [0.25, 0.3) is 0 Å². The third-order valence-corrected chi connectivity index (χ3v) is 6.17. The lowest BCUT2D eigenvalue weighted by atomic mass is 9.80. The smallest absolute Gasteiger partial charge is 0.335 e. The third-order valence-electron chi connectivity index (χ3n) is 6.17. The molecule has 3 rings (SSSR count). The highest BCUT2D eigenvalue weighted by Gasteiger charge is 2.30. The molecular weight excluding hydrogens is 452 g/mol. The van der Waals surface area contributed by atoms with E-state index in [2.05, 4.69) is 30.0 Å². The number of aliphatic carboxylic acids is 2. The minimum absolute atomic E-state index is 0.0410. The number of benzene rings is 1. The van der Waals surface area contributed by atoms with Crippen molar-refractivity contribution < 1.29 is 34.8 Å². The van der Waals surface area contributed by atoms with Gasteiger partial charge in [-0.1, -0.05) is 37.8 Å². The number of rotatable bonds is 9. The van der Waals surface area contributed by atoms with Crippen LogP contribution in [0.1, 0.15) is 30.1 Å². The number of ketones is 1. The maximum atomic E-state index is 13.0. The average Bonchev–Trinajstić information content (AvgIpc) is 2.87. The number of pyridine rings is 1. The Labute approximate surface area is 204 Å². The molecule has 1 fully saturated rings. The second-order valence-corrected chi connectivity index (χ2v) is 8.42. The summed E-state index contributed by atoms with van der Waals surface area (Å²) in [4.78, 5) is 39.3. The van der Waals surface area contributed by atoms with Gasteiger partial charge in [0.15, 0.2) is 18.0 Å². The van der Waals surface area contributed by atoms with Gasteiger partial charge >= 0.3 is 11.9 Å². The highest BCUT2D eigenvalue weighted by Crippen LogP contribution is 2.31. The Morgan fingerprint density at radius 3 is 2.34 bits per heavy atom. The van der Waals surface area contributed by atoms with Crippen molar-refractivity contribution in [2.24, 2.45) is 11.8 Å². The molecule has 2 heterocycles. The highest BCUT2D eigenvalue weighted by molar-refractivity contribution is 6.15. The molecule has 0 radical (unpaired) electrons. The average molecular weight is 485 g/mol. The second kappa shape index (κ2) is 12.9. The van der Waals surface area contributed by atoms with Gasteiger partial charge in [-0.3, -0.25) is 9.78 Å². The fourth-order valence-electron chi connectivity index (χ4n) is 4.07. The molecule has 1 aliphatic rings. The van der Waals surface area contributed by atoms with Crippen LogP contribution in [0.15, 0.2) is 61.3 Å². The third kappa shape index (κ3) is 7.29. The molecule has 4 N–H and O–H groups in total. The molecule has 4 unspecified atom stereocenters. The van der Waals surface area contributed by atoms with E-state index in [0.29, 0.717) is 23.0 Å². The van der Waals surface area contributed by atoms with Crippen LogP contribution < -0.4 is 0 Å². The molecule has 1 aromatic carbocycles. The summed E-state index contributed by atoms with van der Waals surface area (Å²) in [6.45, 7) is 13.5. The van der Waals surface area contributed by atoms with E-state index in [1.54, 1.807) is 12.3 Å². The molecule has 1 aliphatic heterocycles. The first-order valence-corrected chi connectivity index (χ1v) is 11.3. The number of aliphatic hydroxyl groups is 2. The summed E-state index contributed by atoms with van der Waals surface area (Å²) in [7, 11) is 0. The zero-order valence-electron chi connectivity index (χ0n) is 19.7. The van der Waals surface area contributed by atoms with Crippen molar-refractivity contribution in [3.8, 4) is 0 Å². The number of carbonyl (C=O) groups excluding carboxylic acids is 1. The number of likely N-dealkylation sites (tertiary alicyclic amines) is 1. The predicted molar refractivity (Wildman–Crippen MR) is 131 cm³/mol. The summed E-state index contributed by atoms with van der Waals surface area (Å²) in [5, 5.41) is 33.4. The molecule has 9 nitrogen and oxygen atoms in total. The second-order valence-electron chi connectivity index (χ2n) is 8.42. The number of Topliss-reactive ketones (excluding diaryl/α,β-unsaturated/α-hetero) is 1. The molecule has 0 spiro atoms. The fraction of sp³-hybridized carbons (Fsp3) is 0.385. The molecule has 0 aliphatic carbocycles. The topological polar surface area (TPSA) is 148 Å². The van der Waals surface area contributed by atoms with Crippen molar-refractivity contribution in [2.45, 2.75) is 32.0 Å². The first-order chi connectivity index (χ1) is 16.6. The van der Waals surface area contributed by atoms with Crippen LogP contribution in [0.2, 0.25) is 0 Å². The van der Waals surface area contributed by atoms with Gasteiger partial charge in [0.05, 0.1) is 5.52 Å². The fourth-order valence-corrected chi connectivity index (χ4v) is 4.07. The lowest BCUT2D eigenvalue weighted by Gasteiger charge is -2.37. The van der Waals surface area contributed by atoms with Crippen molar-refractivity contribution in [2.75, 3.05) is 19.6 Å². The predicted octanol–water partition coefficient (Wildman–Crippen LogP) is 2.39. The van der Waals surface area contributed by atoms with Gasteiger partial charge in [-0.2, -0.15) is 0 Å². The van der Waals surface area contributed by atoms with Gasteiger partial charge in [0.2, 0.25) is 0 Å². The Kier molecular flexibility index (Phi) is 10.3. The Morgan fingerprint density at radius 2 is 1.77 bits per heavy atom. The number of carboxylic acid groups (broad SMARTS) is 2. The van der Waals surface area contributed by atoms with E-state index in [-0.39, 0.29) is 5.78 Å². The molecule has 1 saturated heterocycles. The summed E-state index contributed by atoms with van der Waals surface area (Å²) >= 11 is 0. The van der Waals surface area contributed by atoms with Gasteiger partial charge in [-0.25, -0.2) is 9.59 Å². The number of carbonyl (C=O) groups is 3. The number of hydrogen-bond acceptors (Lipinski definition) is 7. The summed E-state index contributed by atoms with van der Waals surface area (Å²) < 4.78 is 0. The van der Waals surface area contributed by atoms with Crippen LogP contribution in [0.3, 0.4) is 0 Å². The number of nitrogens with zero attached hydrogens (tertiary/aromatic N) is 2. The van der Waals surface area contributed by atoms with E-state index in [4.69, 9.17) is 20.4 Å². The summed E-state index contributed by atoms with van der Waals surface area (Å²) in [5.41, 5.74) is 2.25. The van der Waals surface area contributed by atoms with Crippen molar-refractivity contribution in [3.05, 3.63) is 66.9 Å². The van der Waals surface area contributed by atoms with Gasteiger partial charge in [-0.05, 0) is 55.5 Å². The van der Waals surface area contributed by atoms with Crippen molar-refractivity contribution >= 4 is 28.6 Å². The number of aliphatic hydroxyl groups excluding tert-OH is 2. The SMILES string of the molecule is C=CC1CN(CC)CCC1CC(=C)C(=O)c1ccnc2ccccc12.O=C(O)C(O)C(O)C(=O)O. The quantitative estimate of drug-likeness (QED) is 0.239. The van der Waals surface area contributed by atoms with Crippen LogP contribution in [-0.4, -0.2) is 79.9 Å². The van der Waals surface area contributed by atoms with Gasteiger partial charge in [-0.15, -0.1) is 6.58 Å². The van der Waals surface area contributed by atoms with Crippen LogP contribution >= 0.6 is 0 Å². The number of hydrogen-bond donors (Lipinski definition) is 4. The molecular formula is C26H32N2O7. The monoisotopic (exact) mass is 484 g/mol. The Balaban J connectivity index is 0.000000367. The molecule has 9 heteroatoms. The van der Waals surface area contributed by atoms with E-state index in [9.17, 15) is 14.4 Å². The number of aromatic nitrogens is 1. The standard InChI is InChI=1S/C22H26N2O.C4H6O6/c1-4-17-15-24(5-2)13-11-18(17)14-16(3)22(25)20-10-12-23-21-9-7-6-8-19(20)21;5-1(3(7)8)2(6)4(9)10/h4,6-10,12,17-18H,1,3,5,11,13-15H2,2H3;1-2,5-6H,(H,7,8)(H,9,10). The molecule has 1 aromatic heterocycles. The largest absolute Gasteiger partial charge is 0.479 e. The normalized spacial score (nSPS) is 19.6. The lowest BCUT2D eigenvalue weighted by molar-refractivity contribution is -0.165. The van der Waals surface area contributed by atoms with Crippen LogP contribution in [0.25, 0.3) is 10.9 Å². The van der Waals surface area contributed by atoms with Gasteiger partial charge in [0.1, 0.15) is 0 Å². The Bertz CT molecular complexity index is 1060. The first kappa shape index (κ1) is 27.8. The molecule has 0 amide bonds. The van der Waals surface area contributed by atoms with Crippen LogP contribution in [0.4, 0.5) is 0 Å². The van der Waals surface area contributed by atoms with Crippen molar-refractivity contribution in [1.82, 2.24) is 9.88 Å². The zero-order chi connectivity index (χ0) is 26.1. The van der Waals surface area contributed by atoms with Crippen LogP contribution in [0.5, 0.6) is 0 Å². The van der Waals surface area contributed by atoms with Crippen LogP contribution in [-0.2, 0) is 9.59 Å². The van der Waals surface area contributed by atoms with Crippen molar-refractivity contribution in [1.29, 1.82) is 0 Å². The van der Waals surface area contributed by atoms with E-state index in [0.717, 1.165) is 43.4 Å². The lowest BCUT2D eigenvalue weighted by Crippen LogP contribution is -2.39. The number of para-hydroxylation sites is 1. The number of fused-ring (bicyclic) bond motifs is 1. The summed E-state index contributed by atoms with van der Waals surface area (Å²) in [6.07, 6.45) is 1.05. The molecule has 188 valence electrons. The van der Waals surface area contributed by atoms with Gasteiger partial charge in [0, 0.05) is 23.7 Å². The number of piperidine rings is 1.